The number of hydrogen-bond donors (Lipinski definition) is 2. The standard InChI is InChI=1S/C15H23BrN6O/c1-2-3-5-8-18-15-20-12(17)11-13(21-15)22(14(16)19-11)10-7-4-6-9-23-10/h10H,2-9H2,1H3,(H3,17,18,20,21). The summed E-state index contributed by atoms with van der Waals surface area (Å²) in [4.78, 5) is 13.4. The molecule has 0 spiro atoms. The Morgan fingerprint density at radius 2 is 2.17 bits per heavy atom. The van der Waals surface area contributed by atoms with Crippen molar-refractivity contribution in [3.05, 3.63) is 4.73 Å². The topological polar surface area (TPSA) is 90.9 Å². The molecule has 3 N–H and O–H groups in total. The highest BCUT2D eigenvalue weighted by Crippen LogP contribution is 2.31. The van der Waals surface area contributed by atoms with Crippen molar-refractivity contribution in [3.8, 4) is 0 Å². The Hall–Kier alpha value is -1.41. The first-order valence-electron chi connectivity index (χ1n) is 8.27. The van der Waals surface area contributed by atoms with Crippen molar-refractivity contribution in [1.29, 1.82) is 0 Å². The Balaban J connectivity index is 1.90. The number of nitrogens with two attached hydrogens (primary N) is 1. The molecule has 0 bridgehead atoms. The lowest BCUT2D eigenvalue weighted by Crippen LogP contribution is -2.19. The fourth-order valence-electron chi connectivity index (χ4n) is 2.81. The number of nitrogens with zero attached hydrogens (tertiary/aromatic N) is 4. The fraction of sp³-hybridized carbons (Fsp3) is 0.667. The van der Waals surface area contributed by atoms with E-state index in [-0.39, 0.29) is 6.23 Å². The number of halogens is 1. The first-order valence-corrected chi connectivity index (χ1v) is 9.06. The molecule has 1 fully saturated rings. The van der Waals surface area contributed by atoms with Crippen LogP contribution in [0.15, 0.2) is 4.73 Å². The minimum atomic E-state index is -0.0506. The van der Waals surface area contributed by atoms with Crippen LogP contribution in [-0.2, 0) is 4.74 Å². The molecule has 1 unspecified atom stereocenters. The SMILES string of the molecule is CCCCCNc1nc(N)c2nc(Br)n(C3CCCCO3)c2n1. The Morgan fingerprint density at radius 3 is 2.91 bits per heavy atom. The monoisotopic (exact) mass is 382 g/mol. The summed E-state index contributed by atoms with van der Waals surface area (Å²) >= 11 is 3.51. The number of imidazole rings is 1. The van der Waals surface area contributed by atoms with Crippen LogP contribution in [0.25, 0.3) is 11.2 Å². The molecule has 1 saturated heterocycles. The van der Waals surface area contributed by atoms with Crippen LogP contribution in [0, 0.1) is 0 Å². The van der Waals surface area contributed by atoms with Gasteiger partial charge in [0.1, 0.15) is 6.23 Å². The zero-order valence-electron chi connectivity index (χ0n) is 13.4. The lowest BCUT2D eigenvalue weighted by molar-refractivity contribution is -0.0311. The second kappa shape index (κ2) is 7.44. The van der Waals surface area contributed by atoms with E-state index >= 15 is 0 Å². The van der Waals surface area contributed by atoms with Gasteiger partial charge in [-0.1, -0.05) is 19.8 Å². The van der Waals surface area contributed by atoms with Crippen LogP contribution in [-0.4, -0.2) is 32.7 Å². The van der Waals surface area contributed by atoms with Gasteiger partial charge in [0.25, 0.3) is 0 Å². The van der Waals surface area contributed by atoms with Crippen molar-refractivity contribution < 1.29 is 4.74 Å². The molecule has 0 aliphatic carbocycles. The molecule has 0 amide bonds. The number of fused-ring (bicyclic) bond motifs is 1. The van der Waals surface area contributed by atoms with Crippen LogP contribution in [0.4, 0.5) is 11.8 Å². The van der Waals surface area contributed by atoms with Crippen molar-refractivity contribution in [2.24, 2.45) is 0 Å². The van der Waals surface area contributed by atoms with E-state index in [2.05, 4.69) is 43.1 Å². The van der Waals surface area contributed by atoms with Crippen LogP contribution in [0.3, 0.4) is 0 Å². The second-order valence-electron chi connectivity index (χ2n) is 5.81. The molecule has 3 rings (SSSR count). The minimum Gasteiger partial charge on any atom is -0.382 e. The first-order chi connectivity index (χ1) is 11.2. The minimum absolute atomic E-state index is 0.0506. The van der Waals surface area contributed by atoms with Crippen LogP contribution in [0.2, 0.25) is 0 Å². The number of unbranched alkanes of at least 4 members (excludes halogenated alkanes) is 2. The Morgan fingerprint density at radius 1 is 1.30 bits per heavy atom. The molecule has 126 valence electrons. The quantitative estimate of drug-likeness (QED) is 0.586. The number of anilines is 2. The summed E-state index contributed by atoms with van der Waals surface area (Å²) in [5.41, 5.74) is 7.40. The summed E-state index contributed by atoms with van der Waals surface area (Å²) in [6, 6.07) is 0. The third-order valence-corrected chi connectivity index (χ3v) is 4.59. The maximum Gasteiger partial charge on any atom is 0.226 e. The van der Waals surface area contributed by atoms with Crippen molar-refractivity contribution >= 4 is 38.9 Å². The van der Waals surface area contributed by atoms with Crippen LogP contribution in [0.5, 0.6) is 0 Å². The summed E-state index contributed by atoms with van der Waals surface area (Å²) < 4.78 is 8.54. The fourth-order valence-corrected chi connectivity index (χ4v) is 3.38. The Bertz CT molecular complexity index is 668. The van der Waals surface area contributed by atoms with Gasteiger partial charge in [0.05, 0.1) is 0 Å². The van der Waals surface area contributed by atoms with Crippen molar-refractivity contribution in [2.75, 3.05) is 24.2 Å². The third kappa shape index (κ3) is 3.58. The van der Waals surface area contributed by atoms with Gasteiger partial charge in [0.2, 0.25) is 5.95 Å². The number of nitrogens with one attached hydrogen (secondary N) is 1. The second-order valence-corrected chi connectivity index (χ2v) is 6.52. The number of aromatic nitrogens is 4. The maximum atomic E-state index is 6.07. The molecular weight excluding hydrogens is 360 g/mol. The molecule has 2 aromatic heterocycles. The molecule has 1 aliphatic rings. The summed E-state index contributed by atoms with van der Waals surface area (Å²) in [7, 11) is 0. The van der Waals surface area contributed by atoms with E-state index in [0.717, 1.165) is 38.8 Å². The number of nitrogen functional groups attached to an aromatic ring is 1. The van der Waals surface area contributed by atoms with Crippen molar-refractivity contribution in [1.82, 2.24) is 19.5 Å². The van der Waals surface area contributed by atoms with Gasteiger partial charge in [-0.2, -0.15) is 9.97 Å². The maximum absolute atomic E-state index is 6.07. The predicted octanol–water partition coefficient (Wildman–Crippen LogP) is 3.47. The molecule has 7 nitrogen and oxygen atoms in total. The van der Waals surface area contributed by atoms with E-state index in [1.54, 1.807) is 0 Å². The van der Waals surface area contributed by atoms with Gasteiger partial charge >= 0.3 is 0 Å². The van der Waals surface area contributed by atoms with Gasteiger partial charge in [-0.3, -0.25) is 4.57 Å². The molecule has 23 heavy (non-hydrogen) atoms. The zero-order chi connectivity index (χ0) is 16.2. The molecule has 2 aromatic rings. The summed E-state index contributed by atoms with van der Waals surface area (Å²) in [5, 5.41) is 3.25. The lowest BCUT2D eigenvalue weighted by Gasteiger charge is -2.24. The average Bonchev–Trinajstić information content (AvgIpc) is 2.89. The molecule has 0 saturated carbocycles. The molecule has 8 heteroatoms. The number of hydrogen-bond acceptors (Lipinski definition) is 6. The van der Waals surface area contributed by atoms with E-state index in [4.69, 9.17) is 10.5 Å². The smallest absolute Gasteiger partial charge is 0.226 e. The molecular formula is C15H23BrN6O. The van der Waals surface area contributed by atoms with Gasteiger partial charge in [0.15, 0.2) is 21.7 Å². The highest BCUT2D eigenvalue weighted by atomic mass is 79.9. The van der Waals surface area contributed by atoms with E-state index < -0.39 is 0 Å². The normalized spacial score (nSPS) is 18.4. The lowest BCUT2D eigenvalue weighted by atomic mass is 10.2. The number of ether oxygens (including phenoxy) is 1. The van der Waals surface area contributed by atoms with E-state index in [1.807, 2.05) is 4.57 Å². The number of rotatable bonds is 6. The van der Waals surface area contributed by atoms with Gasteiger partial charge in [-0.15, -0.1) is 0 Å². The molecule has 1 atom stereocenters. The van der Waals surface area contributed by atoms with Crippen molar-refractivity contribution in [2.45, 2.75) is 51.7 Å². The predicted molar refractivity (Wildman–Crippen MR) is 94.3 cm³/mol. The summed E-state index contributed by atoms with van der Waals surface area (Å²) in [5.74, 6) is 0.943. The first kappa shape index (κ1) is 16.4. The van der Waals surface area contributed by atoms with Gasteiger partial charge < -0.3 is 15.8 Å². The highest BCUT2D eigenvalue weighted by molar-refractivity contribution is 9.10. The molecule has 0 aromatic carbocycles. The molecule has 3 heterocycles. The molecule has 1 aliphatic heterocycles. The molecule has 0 radical (unpaired) electrons. The van der Waals surface area contributed by atoms with Gasteiger partial charge in [-0.25, -0.2) is 4.98 Å². The van der Waals surface area contributed by atoms with E-state index in [1.165, 1.54) is 12.8 Å². The Kier molecular flexibility index (Phi) is 5.32. The highest BCUT2D eigenvalue weighted by Gasteiger charge is 2.23. The van der Waals surface area contributed by atoms with Gasteiger partial charge in [0, 0.05) is 13.2 Å². The van der Waals surface area contributed by atoms with Crippen LogP contribution >= 0.6 is 15.9 Å². The average molecular weight is 383 g/mol. The van der Waals surface area contributed by atoms with E-state index in [0.29, 0.717) is 27.7 Å². The zero-order valence-corrected chi connectivity index (χ0v) is 15.0. The van der Waals surface area contributed by atoms with E-state index in [9.17, 15) is 0 Å². The summed E-state index contributed by atoms with van der Waals surface area (Å²) in [6.45, 7) is 3.79. The van der Waals surface area contributed by atoms with Crippen LogP contribution in [0.1, 0.15) is 51.7 Å². The van der Waals surface area contributed by atoms with Crippen molar-refractivity contribution in [3.63, 3.8) is 0 Å². The Labute approximate surface area is 144 Å². The summed E-state index contributed by atoms with van der Waals surface area (Å²) in [6.07, 6.45) is 6.60. The van der Waals surface area contributed by atoms with Crippen LogP contribution < -0.4 is 11.1 Å². The third-order valence-electron chi connectivity index (χ3n) is 4.03. The van der Waals surface area contributed by atoms with Gasteiger partial charge in [-0.05, 0) is 41.6 Å². The largest absolute Gasteiger partial charge is 0.382 e.